The van der Waals surface area contributed by atoms with Crippen molar-refractivity contribution in [1.29, 1.82) is 0 Å². The SMILES string of the molecule is C/C=C/COc1cc(C)c(OCc2ccc(C=NOC)n2C)c(C)c1.CC. The Bertz CT molecular complexity index is 738. The molecule has 0 saturated carbocycles. The van der Waals surface area contributed by atoms with Crippen molar-refractivity contribution in [2.45, 2.75) is 41.2 Å². The molecule has 0 bridgehead atoms. The highest BCUT2D eigenvalue weighted by molar-refractivity contribution is 5.77. The number of ether oxygens (including phenoxy) is 2. The van der Waals surface area contributed by atoms with Crippen LogP contribution in [0, 0.1) is 13.8 Å². The number of nitrogens with zero attached hydrogens (tertiary/aromatic N) is 2. The molecule has 0 saturated heterocycles. The Morgan fingerprint density at radius 1 is 1.07 bits per heavy atom. The van der Waals surface area contributed by atoms with Crippen molar-refractivity contribution < 1.29 is 14.3 Å². The van der Waals surface area contributed by atoms with Crippen molar-refractivity contribution >= 4 is 6.21 Å². The molecule has 2 rings (SSSR count). The fourth-order valence-electron chi connectivity index (χ4n) is 2.56. The molecule has 0 aliphatic carbocycles. The molecule has 0 aliphatic rings. The standard InChI is InChI=1S/C20H26N2O3.C2H6/c1-6-7-10-24-19-11-15(2)20(16(3)12-19)25-14-18-9-8-17(22(18)4)13-21-23-5;1-2/h6-9,11-13H,10,14H2,1-5H3;1-2H3/b7-6+,21-13?;. The first-order valence-corrected chi connectivity index (χ1v) is 9.26. The molecule has 0 radical (unpaired) electrons. The van der Waals surface area contributed by atoms with Crippen molar-refractivity contribution in [3.05, 3.63) is 58.9 Å². The van der Waals surface area contributed by atoms with Crippen LogP contribution in [0.25, 0.3) is 0 Å². The summed E-state index contributed by atoms with van der Waals surface area (Å²) in [5, 5.41) is 3.80. The highest BCUT2D eigenvalue weighted by Gasteiger charge is 2.10. The molecule has 5 nitrogen and oxygen atoms in total. The van der Waals surface area contributed by atoms with E-state index in [0.29, 0.717) is 13.2 Å². The van der Waals surface area contributed by atoms with Crippen molar-refractivity contribution in [1.82, 2.24) is 4.57 Å². The van der Waals surface area contributed by atoms with Gasteiger partial charge in [0.25, 0.3) is 0 Å². The molecule has 148 valence electrons. The molecule has 2 aromatic rings. The Morgan fingerprint density at radius 2 is 1.74 bits per heavy atom. The normalized spacial score (nSPS) is 10.8. The van der Waals surface area contributed by atoms with Gasteiger partial charge in [0.15, 0.2) is 0 Å². The molecule has 0 amide bonds. The fraction of sp³-hybridized carbons (Fsp3) is 0.409. The van der Waals surface area contributed by atoms with Gasteiger partial charge >= 0.3 is 0 Å². The summed E-state index contributed by atoms with van der Waals surface area (Å²) in [5.74, 6) is 1.75. The largest absolute Gasteiger partial charge is 0.490 e. The summed E-state index contributed by atoms with van der Waals surface area (Å²) in [6.07, 6.45) is 5.63. The Morgan fingerprint density at radius 3 is 2.33 bits per heavy atom. The maximum atomic E-state index is 6.07. The van der Waals surface area contributed by atoms with Crippen LogP contribution in [0.3, 0.4) is 0 Å². The van der Waals surface area contributed by atoms with Crippen LogP contribution >= 0.6 is 0 Å². The van der Waals surface area contributed by atoms with E-state index in [2.05, 4.69) is 5.16 Å². The lowest BCUT2D eigenvalue weighted by Crippen LogP contribution is -2.06. The smallest absolute Gasteiger partial charge is 0.128 e. The van der Waals surface area contributed by atoms with E-state index in [9.17, 15) is 0 Å². The molecule has 0 N–H and O–H groups in total. The number of aromatic nitrogens is 1. The summed E-state index contributed by atoms with van der Waals surface area (Å²) in [7, 11) is 3.51. The van der Waals surface area contributed by atoms with E-state index in [1.165, 1.54) is 7.11 Å². The van der Waals surface area contributed by atoms with E-state index in [4.69, 9.17) is 14.3 Å². The molecule has 1 aromatic heterocycles. The minimum Gasteiger partial charge on any atom is -0.490 e. The van der Waals surface area contributed by atoms with Crippen molar-refractivity contribution in [3.8, 4) is 11.5 Å². The topological polar surface area (TPSA) is 45.0 Å². The second kappa shape index (κ2) is 11.8. The van der Waals surface area contributed by atoms with E-state index in [0.717, 1.165) is 34.0 Å². The molecule has 0 fully saturated rings. The van der Waals surface area contributed by atoms with E-state index in [1.54, 1.807) is 6.21 Å². The van der Waals surface area contributed by atoms with E-state index in [1.807, 2.05) is 82.7 Å². The minimum atomic E-state index is 0.484. The molecule has 5 heteroatoms. The quantitative estimate of drug-likeness (QED) is 0.364. The first kappa shape index (κ1) is 22.4. The summed E-state index contributed by atoms with van der Waals surface area (Å²) in [5.41, 5.74) is 4.14. The summed E-state index contributed by atoms with van der Waals surface area (Å²) in [6.45, 7) is 11.1. The van der Waals surface area contributed by atoms with Crippen molar-refractivity contribution in [3.63, 3.8) is 0 Å². The van der Waals surface area contributed by atoms with E-state index < -0.39 is 0 Å². The zero-order valence-electron chi connectivity index (χ0n) is 17.6. The minimum absolute atomic E-state index is 0.484. The highest BCUT2D eigenvalue weighted by Crippen LogP contribution is 2.29. The molecular weight excluding hydrogens is 340 g/mol. The first-order valence-electron chi connectivity index (χ1n) is 9.26. The summed E-state index contributed by atoms with van der Waals surface area (Å²) >= 11 is 0. The Hall–Kier alpha value is -2.69. The molecule has 0 spiro atoms. The van der Waals surface area contributed by atoms with E-state index >= 15 is 0 Å². The monoisotopic (exact) mass is 372 g/mol. The third kappa shape index (κ3) is 6.51. The number of aryl methyl sites for hydroxylation is 2. The van der Waals surface area contributed by atoms with Crippen LogP contribution in [0.1, 0.15) is 43.3 Å². The number of rotatable bonds is 8. The van der Waals surface area contributed by atoms with Crippen molar-refractivity contribution in [2.75, 3.05) is 13.7 Å². The molecule has 0 atom stereocenters. The molecule has 0 aliphatic heterocycles. The van der Waals surface area contributed by atoms with Crippen LogP contribution in [-0.2, 0) is 18.5 Å². The van der Waals surface area contributed by atoms with Crippen LogP contribution in [-0.4, -0.2) is 24.5 Å². The maximum absolute atomic E-state index is 6.07. The molecule has 27 heavy (non-hydrogen) atoms. The van der Waals surface area contributed by atoms with Crippen LogP contribution in [0.4, 0.5) is 0 Å². The van der Waals surface area contributed by atoms with Gasteiger partial charge in [-0.05, 0) is 56.2 Å². The summed E-state index contributed by atoms with van der Waals surface area (Å²) < 4.78 is 13.8. The maximum Gasteiger partial charge on any atom is 0.128 e. The average Bonchev–Trinajstić information content (AvgIpc) is 3.01. The lowest BCUT2D eigenvalue weighted by atomic mass is 10.1. The Kier molecular flexibility index (Phi) is 9.80. The predicted octanol–water partition coefficient (Wildman–Crippen LogP) is 5.18. The predicted molar refractivity (Wildman–Crippen MR) is 112 cm³/mol. The molecule has 1 aromatic carbocycles. The van der Waals surface area contributed by atoms with Gasteiger partial charge in [-0.15, -0.1) is 0 Å². The zero-order valence-corrected chi connectivity index (χ0v) is 17.6. The zero-order chi connectivity index (χ0) is 20.2. The third-order valence-electron chi connectivity index (χ3n) is 3.94. The van der Waals surface area contributed by atoms with Gasteiger partial charge < -0.3 is 18.9 Å². The Labute approximate surface area is 163 Å². The van der Waals surface area contributed by atoms with Crippen molar-refractivity contribution in [2.24, 2.45) is 12.2 Å². The average molecular weight is 373 g/mol. The summed E-state index contributed by atoms with van der Waals surface area (Å²) in [6, 6.07) is 8.02. The molecule has 0 unspecified atom stereocenters. The van der Waals surface area contributed by atoms with Crippen LogP contribution in [0.2, 0.25) is 0 Å². The van der Waals surface area contributed by atoms with Gasteiger partial charge in [0.05, 0.1) is 17.6 Å². The van der Waals surface area contributed by atoms with Crippen LogP contribution in [0.15, 0.2) is 41.6 Å². The van der Waals surface area contributed by atoms with Crippen LogP contribution < -0.4 is 9.47 Å². The first-order chi connectivity index (χ1) is 13.1. The van der Waals surface area contributed by atoms with Crippen LogP contribution in [0.5, 0.6) is 11.5 Å². The van der Waals surface area contributed by atoms with Gasteiger partial charge in [-0.1, -0.05) is 31.2 Å². The lowest BCUT2D eigenvalue weighted by molar-refractivity contribution is 0.215. The lowest BCUT2D eigenvalue weighted by Gasteiger charge is -2.15. The second-order valence-electron chi connectivity index (χ2n) is 5.78. The van der Waals surface area contributed by atoms with Gasteiger partial charge in [-0.3, -0.25) is 0 Å². The number of benzene rings is 1. The van der Waals surface area contributed by atoms with Gasteiger partial charge in [0.2, 0.25) is 0 Å². The number of hydrogen-bond donors (Lipinski definition) is 0. The Balaban J connectivity index is 0.00000176. The molecule has 1 heterocycles. The van der Waals surface area contributed by atoms with Gasteiger partial charge in [0.1, 0.15) is 31.8 Å². The number of allylic oxidation sites excluding steroid dienone is 1. The number of oxime groups is 1. The third-order valence-corrected chi connectivity index (χ3v) is 3.94. The highest BCUT2D eigenvalue weighted by atomic mass is 16.6. The summed E-state index contributed by atoms with van der Waals surface area (Å²) in [4.78, 5) is 4.73. The fourth-order valence-corrected chi connectivity index (χ4v) is 2.56. The van der Waals surface area contributed by atoms with E-state index in [-0.39, 0.29) is 0 Å². The van der Waals surface area contributed by atoms with Gasteiger partial charge in [0, 0.05) is 7.05 Å². The van der Waals surface area contributed by atoms with Gasteiger partial charge in [-0.2, -0.15) is 0 Å². The number of hydrogen-bond acceptors (Lipinski definition) is 4. The molecular formula is C22H32N2O3. The second-order valence-corrected chi connectivity index (χ2v) is 5.78. The van der Waals surface area contributed by atoms with Gasteiger partial charge in [-0.25, -0.2) is 0 Å².